The van der Waals surface area contributed by atoms with E-state index in [1.54, 1.807) is 12.1 Å². The maximum Gasteiger partial charge on any atom is 0.236 e. The number of ketones is 1. The van der Waals surface area contributed by atoms with E-state index >= 15 is 0 Å². The van der Waals surface area contributed by atoms with E-state index in [0.29, 0.717) is 12.1 Å². The summed E-state index contributed by atoms with van der Waals surface area (Å²) < 4.78 is 0. The second-order valence-corrected chi connectivity index (χ2v) is 5.60. The van der Waals surface area contributed by atoms with Gasteiger partial charge in [-0.1, -0.05) is 67.6 Å². The summed E-state index contributed by atoms with van der Waals surface area (Å²) in [6.45, 7) is 2.73. The van der Waals surface area contributed by atoms with E-state index in [1.807, 2.05) is 60.4 Å². The molecular formula is C19H19NO2. The molecule has 1 saturated heterocycles. The highest BCUT2D eigenvalue weighted by atomic mass is 16.2. The van der Waals surface area contributed by atoms with Gasteiger partial charge in [-0.2, -0.15) is 0 Å². The third-order valence-electron chi connectivity index (χ3n) is 4.15. The minimum atomic E-state index is -0.587. The molecule has 22 heavy (non-hydrogen) atoms. The SMILES string of the molecule is CCCN1C(=O)[C@@H](C(=O)c2ccccc2)[C@@H]1c1ccccc1. The summed E-state index contributed by atoms with van der Waals surface area (Å²) in [4.78, 5) is 27.0. The van der Waals surface area contributed by atoms with Gasteiger partial charge in [0.15, 0.2) is 5.78 Å². The molecule has 112 valence electrons. The zero-order chi connectivity index (χ0) is 15.5. The number of hydrogen-bond donors (Lipinski definition) is 0. The molecule has 2 atom stereocenters. The Balaban J connectivity index is 1.92. The zero-order valence-corrected chi connectivity index (χ0v) is 12.6. The van der Waals surface area contributed by atoms with Crippen molar-refractivity contribution in [1.82, 2.24) is 4.90 Å². The van der Waals surface area contributed by atoms with E-state index < -0.39 is 5.92 Å². The molecular weight excluding hydrogens is 274 g/mol. The quantitative estimate of drug-likeness (QED) is 0.481. The van der Waals surface area contributed by atoms with Gasteiger partial charge >= 0.3 is 0 Å². The number of likely N-dealkylation sites (tertiary alicyclic amines) is 1. The third kappa shape index (κ3) is 2.43. The molecule has 0 bridgehead atoms. The molecule has 2 aromatic carbocycles. The van der Waals surface area contributed by atoms with Crippen molar-refractivity contribution in [2.75, 3.05) is 6.54 Å². The Labute approximate surface area is 130 Å². The fraction of sp³-hybridized carbons (Fsp3) is 0.263. The minimum Gasteiger partial charge on any atom is -0.334 e. The molecule has 1 amide bonds. The summed E-state index contributed by atoms with van der Waals surface area (Å²) in [6.07, 6.45) is 0.890. The average Bonchev–Trinajstić information content (AvgIpc) is 2.58. The van der Waals surface area contributed by atoms with Crippen LogP contribution in [0.15, 0.2) is 60.7 Å². The van der Waals surface area contributed by atoms with Gasteiger partial charge < -0.3 is 4.90 Å². The van der Waals surface area contributed by atoms with Gasteiger partial charge in [0.2, 0.25) is 5.91 Å². The number of rotatable bonds is 5. The lowest BCUT2D eigenvalue weighted by molar-refractivity contribution is -0.153. The second kappa shape index (κ2) is 6.14. The fourth-order valence-electron chi connectivity index (χ4n) is 3.10. The number of hydrogen-bond acceptors (Lipinski definition) is 2. The van der Waals surface area contributed by atoms with Gasteiger partial charge in [0.05, 0.1) is 6.04 Å². The van der Waals surface area contributed by atoms with Crippen molar-refractivity contribution in [3.8, 4) is 0 Å². The third-order valence-corrected chi connectivity index (χ3v) is 4.15. The molecule has 0 unspecified atom stereocenters. The molecule has 0 spiro atoms. The van der Waals surface area contributed by atoms with Crippen LogP contribution in [0, 0.1) is 5.92 Å². The summed E-state index contributed by atoms with van der Waals surface area (Å²) in [7, 11) is 0. The molecule has 1 fully saturated rings. The van der Waals surface area contributed by atoms with Crippen LogP contribution in [0.1, 0.15) is 35.3 Å². The molecule has 0 N–H and O–H groups in total. The molecule has 3 nitrogen and oxygen atoms in total. The summed E-state index contributed by atoms with van der Waals surface area (Å²) in [5.74, 6) is -0.715. The largest absolute Gasteiger partial charge is 0.334 e. The Kier molecular flexibility index (Phi) is 4.05. The van der Waals surface area contributed by atoms with Gasteiger partial charge in [-0.05, 0) is 12.0 Å². The predicted molar refractivity (Wildman–Crippen MR) is 85.4 cm³/mol. The maximum absolute atomic E-state index is 12.7. The summed E-state index contributed by atoms with van der Waals surface area (Å²) in [5, 5.41) is 0. The van der Waals surface area contributed by atoms with E-state index in [9.17, 15) is 9.59 Å². The lowest BCUT2D eigenvalue weighted by atomic mass is 9.77. The Morgan fingerprint density at radius 3 is 2.18 bits per heavy atom. The van der Waals surface area contributed by atoms with Crippen LogP contribution >= 0.6 is 0 Å². The minimum absolute atomic E-state index is 0.0513. The lowest BCUT2D eigenvalue weighted by Gasteiger charge is -2.46. The Morgan fingerprint density at radius 1 is 1.00 bits per heavy atom. The summed E-state index contributed by atoms with van der Waals surface area (Å²) >= 11 is 0. The topological polar surface area (TPSA) is 37.4 Å². The number of Topliss-reactive ketones (excluding diaryl/α,β-unsaturated/α-hetero) is 1. The van der Waals surface area contributed by atoms with Crippen molar-refractivity contribution in [1.29, 1.82) is 0 Å². The Morgan fingerprint density at radius 2 is 1.59 bits per heavy atom. The molecule has 2 aromatic rings. The van der Waals surface area contributed by atoms with Crippen LogP contribution in [0.4, 0.5) is 0 Å². The highest BCUT2D eigenvalue weighted by Crippen LogP contribution is 2.41. The van der Waals surface area contributed by atoms with Crippen LogP contribution in [0.3, 0.4) is 0 Å². The number of β-lactam (4-membered cyclic amide) rings is 1. The second-order valence-electron chi connectivity index (χ2n) is 5.60. The molecule has 1 aliphatic heterocycles. The van der Waals surface area contributed by atoms with Crippen LogP contribution in [0.2, 0.25) is 0 Å². The van der Waals surface area contributed by atoms with E-state index in [0.717, 1.165) is 12.0 Å². The first-order valence-corrected chi connectivity index (χ1v) is 7.68. The van der Waals surface area contributed by atoms with Gasteiger partial charge in [-0.15, -0.1) is 0 Å². The van der Waals surface area contributed by atoms with Crippen molar-refractivity contribution in [2.24, 2.45) is 5.92 Å². The highest BCUT2D eigenvalue weighted by molar-refractivity contribution is 6.13. The van der Waals surface area contributed by atoms with Crippen LogP contribution in [0.5, 0.6) is 0 Å². The number of carbonyl (C=O) groups excluding carboxylic acids is 2. The van der Waals surface area contributed by atoms with Crippen molar-refractivity contribution in [3.63, 3.8) is 0 Å². The van der Waals surface area contributed by atoms with E-state index in [1.165, 1.54) is 0 Å². The molecule has 1 aliphatic rings. The fourth-order valence-corrected chi connectivity index (χ4v) is 3.10. The van der Waals surface area contributed by atoms with Crippen LogP contribution in [-0.4, -0.2) is 23.1 Å². The number of amides is 1. The van der Waals surface area contributed by atoms with Crippen LogP contribution < -0.4 is 0 Å². The first kappa shape index (κ1) is 14.5. The monoisotopic (exact) mass is 293 g/mol. The van der Waals surface area contributed by atoms with E-state index in [-0.39, 0.29) is 17.7 Å². The molecule has 0 aliphatic carbocycles. The average molecular weight is 293 g/mol. The zero-order valence-electron chi connectivity index (χ0n) is 12.6. The standard InChI is InChI=1S/C19H19NO2/c1-2-13-20-17(14-9-5-3-6-10-14)16(19(20)22)18(21)15-11-7-4-8-12-15/h3-12,16-17H,2,13H2,1H3/t16-,17+/m1/s1. The van der Waals surface area contributed by atoms with Crippen molar-refractivity contribution >= 4 is 11.7 Å². The normalized spacial score (nSPS) is 20.6. The molecule has 0 radical (unpaired) electrons. The van der Waals surface area contributed by atoms with Crippen molar-refractivity contribution in [3.05, 3.63) is 71.8 Å². The number of carbonyl (C=O) groups is 2. The highest BCUT2D eigenvalue weighted by Gasteiger charge is 2.51. The summed E-state index contributed by atoms with van der Waals surface area (Å²) in [5.41, 5.74) is 1.64. The first-order valence-electron chi connectivity index (χ1n) is 7.68. The van der Waals surface area contributed by atoms with E-state index in [2.05, 4.69) is 0 Å². The van der Waals surface area contributed by atoms with Gasteiger partial charge in [-0.25, -0.2) is 0 Å². The molecule has 3 heteroatoms. The number of nitrogens with zero attached hydrogens (tertiary/aromatic N) is 1. The van der Waals surface area contributed by atoms with Gasteiger partial charge in [-0.3, -0.25) is 9.59 Å². The smallest absolute Gasteiger partial charge is 0.236 e. The van der Waals surface area contributed by atoms with Gasteiger partial charge in [0.25, 0.3) is 0 Å². The van der Waals surface area contributed by atoms with Crippen LogP contribution in [-0.2, 0) is 4.79 Å². The maximum atomic E-state index is 12.7. The first-order chi connectivity index (χ1) is 10.7. The van der Waals surface area contributed by atoms with E-state index in [4.69, 9.17) is 0 Å². The van der Waals surface area contributed by atoms with Gasteiger partial charge in [0.1, 0.15) is 5.92 Å². The van der Waals surface area contributed by atoms with Crippen molar-refractivity contribution in [2.45, 2.75) is 19.4 Å². The lowest BCUT2D eigenvalue weighted by Crippen LogP contribution is -2.58. The number of benzene rings is 2. The predicted octanol–water partition coefficient (Wildman–Crippen LogP) is 3.48. The van der Waals surface area contributed by atoms with Gasteiger partial charge in [0, 0.05) is 12.1 Å². The molecule has 0 saturated carbocycles. The molecule has 1 heterocycles. The summed E-state index contributed by atoms with van der Waals surface area (Å²) in [6, 6.07) is 18.8. The van der Waals surface area contributed by atoms with Crippen LogP contribution in [0.25, 0.3) is 0 Å². The molecule has 0 aromatic heterocycles. The Hall–Kier alpha value is -2.42. The Bertz CT molecular complexity index is 666. The van der Waals surface area contributed by atoms with Crippen molar-refractivity contribution < 1.29 is 9.59 Å². The molecule has 3 rings (SSSR count).